The van der Waals surface area contributed by atoms with E-state index < -0.39 is 5.97 Å². The number of esters is 1. The van der Waals surface area contributed by atoms with Gasteiger partial charge in [-0.05, 0) is 23.8 Å². The Morgan fingerprint density at radius 1 is 1.18 bits per heavy atom. The van der Waals surface area contributed by atoms with Crippen molar-refractivity contribution in [1.82, 2.24) is 9.88 Å². The molecule has 2 heterocycles. The number of carbonyl (C=O) groups is 2. The molecule has 1 fully saturated rings. The highest BCUT2D eigenvalue weighted by Gasteiger charge is 2.14. The molecule has 0 bridgehead atoms. The topological polar surface area (TPSA) is 80.8 Å². The van der Waals surface area contributed by atoms with Gasteiger partial charge in [0, 0.05) is 30.6 Å². The minimum atomic E-state index is -0.498. The van der Waals surface area contributed by atoms with Crippen LogP contribution in [0.15, 0.2) is 47.8 Å². The monoisotopic (exact) mass is 485 g/mol. The largest absolute Gasteiger partial charge is 0.465 e. The van der Waals surface area contributed by atoms with Gasteiger partial charge in [-0.1, -0.05) is 35.9 Å². The summed E-state index contributed by atoms with van der Waals surface area (Å²) < 4.78 is 10.1. The summed E-state index contributed by atoms with van der Waals surface area (Å²) in [6.45, 7) is 4.40. The maximum Gasteiger partial charge on any atom is 0.337 e. The lowest BCUT2D eigenvalue weighted by Crippen LogP contribution is -2.35. The number of carbonyl (C=O) groups excluding carboxylic acids is 2. The molecular formula is C24H24ClN3O4S. The fraction of sp³-hybridized carbons (Fsp3) is 0.292. The smallest absolute Gasteiger partial charge is 0.337 e. The fourth-order valence-corrected chi connectivity index (χ4v) is 4.51. The summed E-state index contributed by atoms with van der Waals surface area (Å²) in [5.74, 6) is -0.765. The van der Waals surface area contributed by atoms with E-state index in [-0.39, 0.29) is 12.3 Å². The predicted molar refractivity (Wildman–Crippen MR) is 129 cm³/mol. The zero-order valence-corrected chi connectivity index (χ0v) is 19.7. The Bertz CT molecular complexity index is 1130. The number of methoxy groups -OCH3 is 1. The van der Waals surface area contributed by atoms with E-state index >= 15 is 0 Å². The van der Waals surface area contributed by atoms with Crippen LogP contribution in [0.25, 0.3) is 10.6 Å². The minimum absolute atomic E-state index is 0.102. The van der Waals surface area contributed by atoms with Crippen molar-refractivity contribution in [2.75, 3.05) is 38.7 Å². The summed E-state index contributed by atoms with van der Waals surface area (Å²) in [5.41, 5.74) is 3.61. The average Bonchev–Trinajstić information content (AvgIpc) is 3.29. The summed E-state index contributed by atoms with van der Waals surface area (Å²) in [7, 11) is 1.30. The molecule has 0 unspecified atom stereocenters. The van der Waals surface area contributed by atoms with Gasteiger partial charge in [0.05, 0.1) is 48.7 Å². The second-order valence-electron chi connectivity index (χ2n) is 7.64. The minimum Gasteiger partial charge on any atom is -0.465 e. The number of hydrogen-bond donors (Lipinski definition) is 1. The number of benzene rings is 2. The Hall–Kier alpha value is -2.78. The molecular weight excluding hydrogens is 462 g/mol. The van der Waals surface area contributed by atoms with Crippen LogP contribution in [-0.4, -0.2) is 55.2 Å². The van der Waals surface area contributed by atoms with Gasteiger partial charge in [-0.2, -0.15) is 0 Å². The summed E-state index contributed by atoms with van der Waals surface area (Å²) in [4.78, 5) is 31.2. The predicted octanol–water partition coefficient (Wildman–Crippen LogP) is 4.26. The van der Waals surface area contributed by atoms with Crippen molar-refractivity contribution in [3.8, 4) is 10.6 Å². The van der Waals surface area contributed by atoms with Crippen LogP contribution in [-0.2, 0) is 27.2 Å². The molecule has 1 aromatic heterocycles. The lowest BCUT2D eigenvalue weighted by Gasteiger charge is -2.26. The van der Waals surface area contributed by atoms with E-state index in [9.17, 15) is 9.59 Å². The highest BCUT2D eigenvalue weighted by Crippen LogP contribution is 2.26. The molecule has 1 aliphatic heterocycles. The number of morpholine rings is 1. The number of ether oxygens (including phenoxy) is 2. The van der Waals surface area contributed by atoms with Crippen LogP contribution in [0.1, 0.15) is 21.6 Å². The zero-order chi connectivity index (χ0) is 23.2. The lowest BCUT2D eigenvalue weighted by atomic mass is 10.1. The first-order valence-electron chi connectivity index (χ1n) is 10.5. The molecule has 0 aliphatic carbocycles. The standard InChI is InChI=1S/C24H24ClN3O4S/c1-31-24(30)18-6-7-20(25)21(12-18)27-22(29)13-19-15-33-23(26-19)17-4-2-16(3-5-17)14-28-8-10-32-11-9-28/h2-7,12,15H,8-11,13-14H2,1H3,(H,27,29). The Morgan fingerprint density at radius 2 is 1.94 bits per heavy atom. The molecule has 172 valence electrons. The number of anilines is 1. The molecule has 0 spiro atoms. The third-order valence-corrected chi connectivity index (χ3v) is 6.54. The summed E-state index contributed by atoms with van der Waals surface area (Å²) in [6.07, 6.45) is 0.102. The average molecular weight is 486 g/mol. The number of aromatic nitrogens is 1. The molecule has 0 saturated carbocycles. The number of hydrogen-bond acceptors (Lipinski definition) is 7. The van der Waals surface area contributed by atoms with Gasteiger partial charge in [0.25, 0.3) is 0 Å². The molecule has 2 aromatic carbocycles. The van der Waals surface area contributed by atoms with Gasteiger partial charge in [0.2, 0.25) is 5.91 Å². The summed E-state index contributed by atoms with van der Waals surface area (Å²) >= 11 is 7.66. The number of nitrogens with one attached hydrogen (secondary N) is 1. The van der Waals surface area contributed by atoms with Gasteiger partial charge in [-0.15, -0.1) is 11.3 Å². The first-order valence-corrected chi connectivity index (χ1v) is 11.8. The Labute approximate surface area is 201 Å². The molecule has 33 heavy (non-hydrogen) atoms. The molecule has 9 heteroatoms. The fourth-order valence-electron chi connectivity index (χ4n) is 3.52. The third kappa shape index (κ3) is 6.17. The first-order chi connectivity index (χ1) is 16.0. The Morgan fingerprint density at radius 3 is 2.67 bits per heavy atom. The highest BCUT2D eigenvalue weighted by atomic mass is 35.5. The van der Waals surface area contributed by atoms with Crippen molar-refractivity contribution in [1.29, 1.82) is 0 Å². The van der Waals surface area contributed by atoms with Crippen LogP contribution < -0.4 is 5.32 Å². The molecule has 0 atom stereocenters. The van der Waals surface area contributed by atoms with Gasteiger partial charge in [0.1, 0.15) is 5.01 Å². The van der Waals surface area contributed by atoms with E-state index in [2.05, 4.69) is 39.5 Å². The van der Waals surface area contributed by atoms with Crippen LogP contribution in [0.5, 0.6) is 0 Å². The number of rotatable bonds is 7. The summed E-state index contributed by atoms with van der Waals surface area (Å²) in [5, 5.41) is 5.83. The van der Waals surface area contributed by atoms with E-state index in [1.165, 1.54) is 30.1 Å². The van der Waals surface area contributed by atoms with E-state index in [0.717, 1.165) is 43.4 Å². The van der Waals surface area contributed by atoms with Crippen LogP contribution in [0.3, 0.4) is 0 Å². The van der Waals surface area contributed by atoms with Crippen molar-refractivity contribution in [2.24, 2.45) is 0 Å². The molecule has 3 aromatic rings. The Balaban J connectivity index is 1.36. The number of amides is 1. The number of nitrogens with zero attached hydrogens (tertiary/aromatic N) is 2. The quantitative estimate of drug-likeness (QED) is 0.503. The van der Waals surface area contributed by atoms with E-state index in [0.29, 0.717) is 22.0 Å². The van der Waals surface area contributed by atoms with E-state index in [1.54, 1.807) is 12.1 Å². The van der Waals surface area contributed by atoms with Crippen molar-refractivity contribution >= 4 is 40.5 Å². The number of thiazole rings is 1. The van der Waals surface area contributed by atoms with Crippen molar-refractivity contribution in [3.63, 3.8) is 0 Å². The number of halogens is 1. The maximum atomic E-state index is 12.5. The normalized spacial score (nSPS) is 14.1. The van der Waals surface area contributed by atoms with E-state index in [1.807, 2.05) is 5.38 Å². The zero-order valence-electron chi connectivity index (χ0n) is 18.2. The SMILES string of the molecule is COC(=O)c1ccc(Cl)c(NC(=O)Cc2csc(-c3ccc(CN4CCOCC4)cc3)n2)c1. The molecule has 4 rings (SSSR count). The van der Waals surface area contributed by atoms with Crippen molar-refractivity contribution < 1.29 is 19.1 Å². The second-order valence-corrected chi connectivity index (χ2v) is 8.91. The van der Waals surface area contributed by atoms with Gasteiger partial charge in [-0.3, -0.25) is 9.69 Å². The van der Waals surface area contributed by atoms with Gasteiger partial charge in [0.15, 0.2) is 0 Å². The molecule has 1 N–H and O–H groups in total. The molecule has 0 radical (unpaired) electrons. The van der Waals surface area contributed by atoms with Crippen LogP contribution in [0.2, 0.25) is 5.02 Å². The first kappa shape index (κ1) is 23.4. The molecule has 1 saturated heterocycles. The van der Waals surface area contributed by atoms with Gasteiger partial charge >= 0.3 is 5.97 Å². The van der Waals surface area contributed by atoms with Crippen LogP contribution in [0.4, 0.5) is 5.69 Å². The molecule has 1 amide bonds. The van der Waals surface area contributed by atoms with E-state index in [4.69, 9.17) is 21.1 Å². The van der Waals surface area contributed by atoms with Gasteiger partial charge in [-0.25, -0.2) is 9.78 Å². The van der Waals surface area contributed by atoms with Crippen LogP contribution in [0, 0.1) is 0 Å². The van der Waals surface area contributed by atoms with Crippen molar-refractivity contribution in [3.05, 3.63) is 69.7 Å². The molecule has 7 nitrogen and oxygen atoms in total. The lowest BCUT2D eigenvalue weighted by molar-refractivity contribution is -0.115. The maximum absolute atomic E-state index is 12.5. The second kappa shape index (κ2) is 10.9. The highest BCUT2D eigenvalue weighted by molar-refractivity contribution is 7.13. The third-order valence-electron chi connectivity index (χ3n) is 5.27. The van der Waals surface area contributed by atoms with Crippen molar-refractivity contribution in [2.45, 2.75) is 13.0 Å². The molecule has 1 aliphatic rings. The summed E-state index contributed by atoms with van der Waals surface area (Å²) in [6, 6.07) is 13.0. The Kier molecular flexibility index (Phi) is 7.72. The van der Waals surface area contributed by atoms with Crippen LogP contribution >= 0.6 is 22.9 Å². The van der Waals surface area contributed by atoms with Gasteiger partial charge < -0.3 is 14.8 Å².